The third kappa shape index (κ3) is 3.22. The van der Waals surface area contributed by atoms with Gasteiger partial charge in [-0.05, 0) is 48.9 Å². The zero-order valence-electron chi connectivity index (χ0n) is 13.5. The first kappa shape index (κ1) is 15.1. The summed E-state index contributed by atoms with van der Waals surface area (Å²) in [5.74, 6) is 1.63. The minimum atomic E-state index is 0.152. The number of rotatable bonds is 4. The molecule has 1 aliphatic carbocycles. The Balaban J connectivity index is 1.28. The van der Waals surface area contributed by atoms with E-state index in [1.807, 2.05) is 29.3 Å². The maximum atomic E-state index is 12.7. The lowest BCUT2D eigenvalue weighted by atomic mass is 10.0. The van der Waals surface area contributed by atoms with Gasteiger partial charge in [0, 0.05) is 43.6 Å². The van der Waals surface area contributed by atoms with Crippen LogP contribution in [0.1, 0.15) is 30.7 Å². The van der Waals surface area contributed by atoms with Gasteiger partial charge in [-0.15, -0.1) is 5.10 Å². The molecule has 1 saturated carbocycles. The van der Waals surface area contributed by atoms with Gasteiger partial charge in [0.05, 0.1) is 0 Å². The van der Waals surface area contributed by atoms with E-state index in [1.165, 1.54) is 5.56 Å². The van der Waals surface area contributed by atoms with E-state index >= 15 is 0 Å². The normalized spacial score (nSPS) is 23.8. The Hall–Kier alpha value is -2.50. The van der Waals surface area contributed by atoms with Crippen LogP contribution in [-0.2, 0) is 4.79 Å². The van der Waals surface area contributed by atoms with E-state index in [-0.39, 0.29) is 5.92 Å². The lowest BCUT2D eigenvalue weighted by Gasteiger charge is -2.32. The molecule has 2 aliphatic rings. The Kier molecular flexibility index (Phi) is 4.11. The molecule has 3 heterocycles. The molecule has 124 valence electrons. The molecule has 0 aromatic carbocycles. The fourth-order valence-electron chi connectivity index (χ4n) is 3.50. The number of nitrogens with zero attached hydrogens (tertiary/aromatic N) is 4. The number of likely N-dealkylation sites (tertiary alicyclic amines) is 1. The largest absolute Gasteiger partial charge is 0.366 e. The number of pyridine rings is 1. The van der Waals surface area contributed by atoms with E-state index in [2.05, 4.69) is 26.6 Å². The molecule has 1 aliphatic heterocycles. The van der Waals surface area contributed by atoms with Crippen LogP contribution < -0.4 is 5.32 Å². The van der Waals surface area contributed by atoms with Crippen LogP contribution in [0.25, 0.3) is 0 Å². The average Bonchev–Trinajstić information content (AvgIpc) is 3.44. The Labute approximate surface area is 141 Å². The number of hydrogen-bond acceptors (Lipinski definition) is 5. The molecule has 2 aromatic heterocycles. The van der Waals surface area contributed by atoms with Crippen LogP contribution >= 0.6 is 0 Å². The van der Waals surface area contributed by atoms with Gasteiger partial charge < -0.3 is 10.2 Å². The molecule has 2 atom stereocenters. The maximum Gasteiger partial charge on any atom is 0.226 e. The first-order valence-electron chi connectivity index (χ1n) is 8.54. The Morgan fingerprint density at radius 2 is 2.00 bits per heavy atom. The molecule has 0 spiro atoms. The van der Waals surface area contributed by atoms with Gasteiger partial charge >= 0.3 is 0 Å². The predicted octanol–water partition coefficient (Wildman–Crippen LogP) is 2.08. The highest BCUT2D eigenvalue weighted by molar-refractivity contribution is 5.83. The van der Waals surface area contributed by atoms with Gasteiger partial charge in [-0.25, -0.2) is 0 Å². The number of carbonyl (C=O) groups excluding carboxylic acids is 1. The smallest absolute Gasteiger partial charge is 0.226 e. The van der Waals surface area contributed by atoms with Crippen LogP contribution in [0.3, 0.4) is 0 Å². The summed E-state index contributed by atoms with van der Waals surface area (Å²) in [5.41, 5.74) is 1.19. The number of anilines is 1. The van der Waals surface area contributed by atoms with Crippen molar-refractivity contribution in [3.05, 3.63) is 48.4 Å². The lowest BCUT2D eigenvalue weighted by Crippen LogP contribution is -2.43. The summed E-state index contributed by atoms with van der Waals surface area (Å²) in [6.07, 6.45) is 8.19. The quantitative estimate of drug-likeness (QED) is 0.933. The first-order valence-corrected chi connectivity index (χ1v) is 8.54. The first-order chi connectivity index (χ1) is 11.8. The van der Waals surface area contributed by atoms with Gasteiger partial charge in [0.2, 0.25) is 5.91 Å². The second-order valence-electron chi connectivity index (χ2n) is 6.59. The van der Waals surface area contributed by atoms with Crippen molar-refractivity contribution in [3.63, 3.8) is 0 Å². The summed E-state index contributed by atoms with van der Waals surface area (Å²) in [7, 11) is 0. The number of piperidine rings is 1. The van der Waals surface area contributed by atoms with Gasteiger partial charge in [-0.1, -0.05) is 6.07 Å². The molecule has 0 bridgehead atoms. The van der Waals surface area contributed by atoms with E-state index in [4.69, 9.17) is 0 Å². The van der Waals surface area contributed by atoms with Crippen LogP contribution in [0.2, 0.25) is 0 Å². The average molecular weight is 323 g/mol. The van der Waals surface area contributed by atoms with Gasteiger partial charge in [-0.2, -0.15) is 5.10 Å². The van der Waals surface area contributed by atoms with Gasteiger partial charge in [0.25, 0.3) is 0 Å². The lowest BCUT2D eigenvalue weighted by molar-refractivity contribution is -0.133. The molecule has 0 unspecified atom stereocenters. The van der Waals surface area contributed by atoms with E-state index in [0.717, 1.165) is 38.2 Å². The van der Waals surface area contributed by atoms with Crippen molar-refractivity contribution in [2.75, 3.05) is 18.4 Å². The third-order valence-electron chi connectivity index (χ3n) is 4.95. The molecule has 1 N–H and O–H groups in total. The summed E-state index contributed by atoms with van der Waals surface area (Å²) in [6.45, 7) is 1.63. The van der Waals surface area contributed by atoms with Crippen LogP contribution in [0.4, 0.5) is 5.82 Å². The van der Waals surface area contributed by atoms with Crippen molar-refractivity contribution in [2.24, 2.45) is 5.92 Å². The molecule has 4 rings (SSSR count). The Bertz CT molecular complexity index is 685. The zero-order valence-corrected chi connectivity index (χ0v) is 13.5. The van der Waals surface area contributed by atoms with Crippen LogP contribution in [-0.4, -0.2) is 45.1 Å². The topological polar surface area (TPSA) is 71.0 Å². The summed E-state index contributed by atoms with van der Waals surface area (Å²) in [5, 5.41) is 11.3. The number of amides is 1. The number of hydrogen-bond donors (Lipinski definition) is 1. The van der Waals surface area contributed by atoms with Crippen LogP contribution in [0, 0.1) is 5.92 Å². The highest BCUT2D eigenvalue weighted by Gasteiger charge is 2.46. The molecule has 1 saturated heterocycles. The number of aromatic nitrogens is 3. The van der Waals surface area contributed by atoms with Crippen molar-refractivity contribution in [2.45, 2.75) is 31.2 Å². The number of nitrogens with one attached hydrogen (secondary N) is 1. The molecule has 6 nitrogen and oxygen atoms in total. The van der Waals surface area contributed by atoms with Gasteiger partial charge in [0.1, 0.15) is 5.82 Å². The van der Waals surface area contributed by atoms with Crippen LogP contribution in [0.15, 0.2) is 42.9 Å². The van der Waals surface area contributed by atoms with E-state index in [0.29, 0.717) is 17.9 Å². The van der Waals surface area contributed by atoms with Gasteiger partial charge in [0.15, 0.2) is 0 Å². The predicted molar refractivity (Wildman–Crippen MR) is 90.3 cm³/mol. The van der Waals surface area contributed by atoms with Crippen molar-refractivity contribution in [1.82, 2.24) is 20.1 Å². The molecule has 6 heteroatoms. The minimum absolute atomic E-state index is 0.152. The molecule has 2 aromatic rings. The molecular formula is C18H21N5O. The highest BCUT2D eigenvalue weighted by Crippen LogP contribution is 2.48. The minimum Gasteiger partial charge on any atom is -0.366 e. The molecule has 0 radical (unpaired) electrons. The Morgan fingerprint density at radius 3 is 2.71 bits per heavy atom. The molecule has 2 fully saturated rings. The molecular weight excluding hydrogens is 302 g/mol. The van der Waals surface area contributed by atoms with E-state index < -0.39 is 0 Å². The van der Waals surface area contributed by atoms with Crippen molar-refractivity contribution in [3.8, 4) is 0 Å². The Morgan fingerprint density at radius 1 is 1.17 bits per heavy atom. The third-order valence-corrected chi connectivity index (χ3v) is 4.95. The number of carbonyl (C=O) groups is 1. The van der Waals surface area contributed by atoms with E-state index in [1.54, 1.807) is 12.4 Å². The van der Waals surface area contributed by atoms with E-state index in [9.17, 15) is 4.79 Å². The highest BCUT2D eigenvalue weighted by atomic mass is 16.2. The van der Waals surface area contributed by atoms with Gasteiger partial charge in [-0.3, -0.25) is 9.78 Å². The molecule has 24 heavy (non-hydrogen) atoms. The zero-order chi connectivity index (χ0) is 16.4. The van der Waals surface area contributed by atoms with Crippen LogP contribution in [0.5, 0.6) is 0 Å². The fraction of sp³-hybridized carbons (Fsp3) is 0.444. The standard InChI is InChI=1S/C18H21N5O/c24-18(16-11-15(16)13-3-1-7-19-12-13)23-9-5-14(6-10-23)21-17-4-2-8-20-22-17/h1-4,7-8,12,14-16H,5-6,9-11H2,(H,21,22)/t15-,16+/m0/s1. The van der Waals surface area contributed by atoms with Crippen molar-refractivity contribution < 1.29 is 4.79 Å². The molecule has 1 amide bonds. The second kappa shape index (κ2) is 6.55. The van der Waals surface area contributed by atoms with Crippen molar-refractivity contribution >= 4 is 11.7 Å². The fourth-order valence-corrected chi connectivity index (χ4v) is 3.50. The maximum absolute atomic E-state index is 12.7. The summed E-state index contributed by atoms with van der Waals surface area (Å²) >= 11 is 0. The second-order valence-corrected chi connectivity index (χ2v) is 6.59. The summed E-state index contributed by atoms with van der Waals surface area (Å²) < 4.78 is 0. The van der Waals surface area contributed by atoms with Crippen molar-refractivity contribution in [1.29, 1.82) is 0 Å². The SMILES string of the molecule is O=C([C@@H]1C[C@H]1c1cccnc1)N1CCC(Nc2cccnn2)CC1. The summed E-state index contributed by atoms with van der Waals surface area (Å²) in [4.78, 5) is 18.9. The monoisotopic (exact) mass is 323 g/mol. The summed E-state index contributed by atoms with van der Waals surface area (Å²) in [6, 6.07) is 8.17.